The molecule has 0 saturated carbocycles. The highest BCUT2D eigenvalue weighted by Crippen LogP contribution is 2.05. The number of primary amides is 1. The maximum absolute atomic E-state index is 10.5. The number of rotatable bonds is 3. The molecule has 78 valence electrons. The lowest BCUT2D eigenvalue weighted by molar-refractivity contribution is -0.131. The Labute approximate surface area is 85.4 Å². The van der Waals surface area contributed by atoms with Gasteiger partial charge in [-0.1, -0.05) is 6.07 Å². The number of carboxylic acid groups (broad SMARTS) is 1. The number of anilines is 1. The lowest BCUT2D eigenvalue weighted by Gasteiger charge is -2.00. The van der Waals surface area contributed by atoms with Gasteiger partial charge in [-0.2, -0.15) is 0 Å². The van der Waals surface area contributed by atoms with Gasteiger partial charge in [0.1, 0.15) is 5.82 Å². The minimum Gasteiger partial charge on any atom is -0.478 e. The van der Waals surface area contributed by atoms with Crippen molar-refractivity contribution < 1.29 is 14.7 Å². The summed E-state index contributed by atoms with van der Waals surface area (Å²) in [6, 6.07) is 4.05. The van der Waals surface area contributed by atoms with Crippen LogP contribution < -0.4 is 11.1 Å². The van der Waals surface area contributed by atoms with Gasteiger partial charge in [0, 0.05) is 6.08 Å². The van der Waals surface area contributed by atoms with E-state index in [0.29, 0.717) is 5.69 Å². The van der Waals surface area contributed by atoms with Gasteiger partial charge < -0.3 is 10.8 Å². The lowest BCUT2D eigenvalue weighted by atomic mass is 10.3. The summed E-state index contributed by atoms with van der Waals surface area (Å²) in [5.41, 5.74) is 5.31. The number of aliphatic carboxylic acids is 1. The van der Waals surface area contributed by atoms with Crippen LogP contribution in [-0.2, 0) is 4.79 Å². The molecule has 0 spiro atoms. The number of amides is 2. The Bertz CT molecular complexity index is 415. The van der Waals surface area contributed by atoms with Crippen LogP contribution in [0.4, 0.5) is 10.6 Å². The van der Waals surface area contributed by atoms with E-state index in [1.165, 1.54) is 6.08 Å². The number of aromatic nitrogens is 1. The quantitative estimate of drug-likeness (QED) is 0.633. The first-order valence-electron chi connectivity index (χ1n) is 4.02. The molecular formula is C9H9N3O3. The fourth-order valence-corrected chi connectivity index (χ4v) is 0.897. The summed E-state index contributed by atoms with van der Waals surface area (Å²) in [4.78, 5) is 24.7. The Kier molecular flexibility index (Phi) is 3.39. The van der Waals surface area contributed by atoms with Crippen LogP contribution in [0.3, 0.4) is 0 Å². The van der Waals surface area contributed by atoms with E-state index >= 15 is 0 Å². The SMILES string of the molecule is NC(=O)Nc1cccc(C=CC(=O)O)n1. The Morgan fingerprint density at radius 1 is 1.47 bits per heavy atom. The molecule has 6 heteroatoms. The number of nitrogens with one attached hydrogen (secondary N) is 1. The highest BCUT2D eigenvalue weighted by molar-refractivity contribution is 5.87. The van der Waals surface area contributed by atoms with Gasteiger partial charge in [-0.05, 0) is 18.2 Å². The number of nitrogens with two attached hydrogens (primary N) is 1. The zero-order chi connectivity index (χ0) is 11.3. The van der Waals surface area contributed by atoms with Crippen molar-refractivity contribution in [2.45, 2.75) is 0 Å². The average molecular weight is 207 g/mol. The number of carbonyl (C=O) groups excluding carboxylic acids is 1. The summed E-state index contributed by atoms with van der Waals surface area (Å²) in [5.74, 6) is -0.792. The van der Waals surface area contributed by atoms with Crippen molar-refractivity contribution in [3.8, 4) is 0 Å². The second-order valence-electron chi connectivity index (χ2n) is 2.61. The highest BCUT2D eigenvalue weighted by Gasteiger charge is 1.97. The van der Waals surface area contributed by atoms with Crippen LogP contribution in [-0.4, -0.2) is 22.1 Å². The van der Waals surface area contributed by atoms with Crippen LogP contribution in [0, 0.1) is 0 Å². The van der Waals surface area contributed by atoms with E-state index in [1.807, 2.05) is 0 Å². The molecule has 1 aromatic heterocycles. The number of hydrogen-bond acceptors (Lipinski definition) is 3. The smallest absolute Gasteiger partial charge is 0.328 e. The topological polar surface area (TPSA) is 105 Å². The number of pyridine rings is 1. The van der Waals surface area contributed by atoms with Crippen molar-refractivity contribution in [1.29, 1.82) is 0 Å². The van der Waals surface area contributed by atoms with Gasteiger partial charge in [-0.3, -0.25) is 5.32 Å². The fraction of sp³-hybridized carbons (Fsp3) is 0. The summed E-state index contributed by atoms with van der Waals surface area (Å²) in [6.45, 7) is 0. The number of carbonyl (C=O) groups is 2. The zero-order valence-electron chi connectivity index (χ0n) is 7.68. The van der Waals surface area contributed by atoms with E-state index in [9.17, 15) is 9.59 Å². The molecule has 4 N–H and O–H groups in total. The third kappa shape index (κ3) is 3.90. The van der Waals surface area contributed by atoms with Gasteiger partial charge >= 0.3 is 12.0 Å². The van der Waals surface area contributed by atoms with Crippen molar-refractivity contribution in [2.24, 2.45) is 5.73 Å². The molecule has 0 aliphatic carbocycles. The minimum atomic E-state index is -1.06. The molecule has 0 radical (unpaired) electrons. The number of hydrogen-bond donors (Lipinski definition) is 3. The number of carboxylic acids is 1. The molecule has 0 unspecified atom stereocenters. The highest BCUT2D eigenvalue weighted by atomic mass is 16.4. The van der Waals surface area contributed by atoms with Gasteiger partial charge in [0.25, 0.3) is 0 Å². The van der Waals surface area contributed by atoms with Crippen LogP contribution in [0.1, 0.15) is 5.69 Å². The Balaban J connectivity index is 2.82. The molecule has 6 nitrogen and oxygen atoms in total. The molecule has 1 heterocycles. The van der Waals surface area contributed by atoms with Gasteiger partial charge in [-0.25, -0.2) is 14.6 Å². The molecule has 1 rings (SSSR count). The summed E-state index contributed by atoms with van der Waals surface area (Å²) in [7, 11) is 0. The Morgan fingerprint density at radius 3 is 2.80 bits per heavy atom. The normalized spacial score (nSPS) is 10.1. The molecule has 0 aromatic carbocycles. The van der Waals surface area contributed by atoms with Crippen LogP contribution in [0.15, 0.2) is 24.3 Å². The van der Waals surface area contributed by atoms with E-state index < -0.39 is 12.0 Å². The molecular weight excluding hydrogens is 198 g/mol. The molecule has 0 aliphatic heterocycles. The van der Waals surface area contributed by atoms with E-state index in [4.69, 9.17) is 10.8 Å². The first kappa shape index (κ1) is 10.7. The molecule has 0 aliphatic rings. The maximum Gasteiger partial charge on any atom is 0.328 e. The Hall–Kier alpha value is -2.37. The van der Waals surface area contributed by atoms with E-state index in [1.54, 1.807) is 18.2 Å². The van der Waals surface area contributed by atoms with Crippen LogP contribution >= 0.6 is 0 Å². The summed E-state index contributed by atoms with van der Waals surface area (Å²) >= 11 is 0. The Morgan fingerprint density at radius 2 is 2.20 bits per heavy atom. The standard InChI is InChI=1S/C9H9N3O3/c10-9(15)12-7-3-1-2-6(11-7)4-5-8(13)14/h1-5H,(H,13,14)(H3,10,11,12,15). The molecule has 1 aromatic rings. The second-order valence-corrected chi connectivity index (χ2v) is 2.61. The summed E-state index contributed by atoms with van der Waals surface area (Å²) < 4.78 is 0. The predicted molar refractivity (Wildman–Crippen MR) is 54.1 cm³/mol. The molecule has 0 fully saturated rings. The predicted octanol–water partition coefficient (Wildman–Crippen LogP) is 0.670. The average Bonchev–Trinajstić information content (AvgIpc) is 2.14. The zero-order valence-corrected chi connectivity index (χ0v) is 7.68. The van der Waals surface area contributed by atoms with Crippen LogP contribution in [0.2, 0.25) is 0 Å². The second kappa shape index (κ2) is 4.75. The number of urea groups is 1. The minimum absolute atomic E-state index is 0.273. The molecule has 2 amide bonds. The first-order valence-corrected chi connectivity index (χ1v) is 4.02. The first-order chi connectivity index (χ1) is 7.08. The van der Waals surface area contributed by atoms with E-state index in [0.717, 1.165) is 6.08 Å². The van der Waals surface area contributed by atoms with Crippen molar-refractivity contribution >= 4 is 23.9 Å². The monoisotopic (exact) mass is 207 g/mol. The van der Waals surface area contributed by atoms with E-state index in [2.05, 4.69) is 10.3 Å². The van der Waals surface area contributed by atoms with Crippen LogP contribution in [0.5, 0.6) is 0 Å². The van der Waals surface area contributed by atoms with E-state index in [-0.39, 0.29) is 5.82 Å². The van der Waals surface area contributed by atoms with Crippen molar-refractivity contribution in [3.63, 3.8) is 0 Å². The van der Waals surface area contributed by atoms with Crippen LogP contribution in [0.25, 0.3) is 6.08 Å². The fourth-order valence-electron chi connectivity index (χ4n) is 0.897. The maximum atomic E-state index is 10.5. The van der Waals surface area contributed by atoms with Crippen molar-refractivity contribution in [2.75, 3.05) is 5.32 Å². The largest absolute Gasteiger partial charge is 0.478 e. The summed E-state index contributed by atoms with van der Waals surface area (Å²) in [6.07, 6.45) is 2.27. The van der Waals surface area contributed by atoms with Gasteiger partial charge in [0.2, 0.25) is 0 Å². The molecule has 0 saturated heterocycles. The number of nitrogens with zero attached hydrogens (tertiary/aromatic N) is 1. The third-order valence-corrected chi connectivity index (χ3v) is 1.42. The molecule has 0 bridgehead atoms. The van der Waals surface area contributed by atoms with Gasteiger partial charge in [-0.15, -0.1) is 0 Å². The van der Waals surface area contributed by atoms with Crippen molar-refractivity contribution in [3.05, 3.63) is 30.0 Å². The van der Waals surface area contributed by atoms with Crippen molar-refractivity contribution in [1.82, 2.24) is 4.98 Å². The lowest BCUT2D eigenvalue weighted by Crippen LogP contribution is -2.20. The van der Waals surface area contributed by atoms with Gasteiger partial charge in [0.05, 0.1) is 5.69 Å². The third-order valence-electron chi connectivity index (χ3n) is 1.42. The molecule has 0 atom stereocenters. The van der Waals surface area contributed by atoms with Gasteiger partial charge in [0.15, 0.2) is 0 Å². The summed E-state index contributed by atoms with van der Waals surface area (Å²) in [5, 5.41) is 10.7. The molecule has 15 heavy (non-hydrogen) atoms.